The van der Waals surface area contributed by atoms with Gasteiger partial charge in [-0.15, -0.1) is 0 Å². The van der Waals surface area contributed by atoms with E-state index >= 15 is 0 Å². The van der Waals surface area contributed by atoms with Gasteiger partial charge in [0.25, 0.3) is 0 Å². The number of nitrogens with one attached hydrogen (secondary N) is 1. The minimum absolute atomic E-state index is 0.722. The van der Waals surface area contributed by atoms with Gasteiger partial charge in [0, 0.05) is 19.1 Å². The van der Waals surface area contributed by atoms with Crippen molar-refractivity contribution in [1.29, 1.82) is 0 Å². The van der Waals surface area contributed by atoms with E-state index in [9.17, 15) is 0 Å². The van der Waals surface area contributed by atoms with Crippen LogP contribution in [0, 0.1) is 13.8 Å². The molecule has 0 bridgehead atoms. The van der Waals surface area contributed by atoms with Crippen molar-refractivity contribution in [3.8, 4) is 0 Å². The summed E-state index contributed by atoms with van der Waals surface area (Å²) in [6.45, 7) is 7.88. The van der Waals surface area contributed by atoms with Crippen LogP contribution in [0.25, 0.3) is 0 Å². The van der Waals surface area contributed by atoms with Crippen LogP contribution < -0.4 is 5.32 Å². The lowest BCUT2D eigenvalue weighted by Gasteiger charge is -2.25. The predicted octanol–water partition coefficient (Wildman–Crippen LogP) is 2.49. The van der Waals surface area contributed by atoms with E-state index in [0.29, 0.717) is 0 Å². The fraction of sp³-hybridized carbons (Fsp3) is 0.600. The summed E-state index contributed by atoms with van der Waals surface area (Å²) < 4.78 is 0. The molecule has 2 nitrogen and oxygen atoms in total. The molecule has 0 aromatic heterocycles. The van der Waals surface area contributed by atoms with E-state index in [1.807, 2.05) is 0 Å². The molecule has 1 aliphatic heterocycles. The molecule has 1 heterocycles. The Labute approximate surface area is 105 Å². The maximum atomic E-state index is 3.31. The van der Waals surface area contributed by atoms with Gasteiger partial charge in [-0.1, -0.05) is 23.8 Å². The number of rotatable bonds is 4. The van der Waals surface area contributed by atoms with Crippen LogP contribution in [0.4, 0.5) is 0 Å². The number of benzene rings is 1. The molecule has 1 N–H and O–H groups in total. The predicted molar refractivity (Wildman–Crippen MR) is 73.3 cm³/mol. The number of aryl methyl sites for hydroxylation is 2. The van der Waals surface area contributed by atoms with Gasteiger partial charge in [-0.05, 0) is 51.4 Å². The third kappa shape index (κ3) is 3.08. The average molecular weight is 232 g/mol. The van der Waals surface area contributed by atoms with Gasteiger partial charge in [-0.2, -0.15) is 0 Å². The zero-order chi connectivity index (χ0) is 12.3. The quantitative estimate of drug-likeness (QED) is 0.858. The second-order valence-electron chi connectivity index (χ2n) is 5.25. The van der Waals surface area contributed by atoms with Crippen LogP contribution in [0.1, 0.15) is 29.5 Å². The molecular weight excluding hydrogens is 208 g/mol. The lowest BCUT2D eigenvalue weighted by molar-refractivity contribution is 0.242. The summed E-state index contributed by atoms with van der Waals surface area (Å²) in [5.74, 6) is 0. The highest BCUT2D eigenvalue weighted by Gasteiger charge is 2.23. The van der Waals surface area contributed by atoms with Crippen molar-refractivity contribution >= 4 is 0 Å². The van der Waals surface area contributed by atoms with Gasteiger partial charge in [0.2, 0.25) is 0 Å². The third-order valence-electron chi connectivity index (χ3n) is 3.82. The van der Waals surface area contributed by atoms with Crippen LogP contribution in [0.15, 0.2) is 18.2 Å². The van der Waals surface area contributed by atoms with Gasteiger partial charge in [0.1, 0.15) is 0 Å². The van der Waals surface area contributed by atoms with Gasteiger partial charge in [-0.25, -0.2) is 0 Å². The average Bonchev–Trinajstić information content (AvgIpc) is 2.72. The molecule has 0 aliphatic carbocycles. The van der Waals surface area contributed by atoms with Crippen LogP contribution in [0.3, 0.4) is 0 Å². The largest absolute Gasteiger partial charge is 0.318 e. The van der Waals surface area contributed by atoms with Crippen LogP contribution in [-0.4, -0.2) is 31.1 Å². The van der Waals surface area contributed by atoms with E-state index in [0.717, 1.165) is 19.1 Å². The zero-order valence-electron chi connectivity index (χ0n) is 11.3. The Bertz CT molecular complexity index is 373. The number of likely N-dealkylation sites (tertiary alicyclic amines) is 1. The van der Waals surface area contributed by atoms with E-state index < -0.39 is 0 Å². The van der Waals surface area contributed by atoms with Crippen molar-refractivity contribution < 1.29 is 0 Å². The highest BCUT2D eigenvalue weighted by atomic mass is 15.2. The molecule has 1 aliphatic rings. The molecule has 17 heavy (non-hydrogen) atoms. The minimum Gasteiger partial charge on any atom is -0.318 e. The number of likely N-dealkylation sites (N-methyl/N-ethyl adjacent to an activating group) is 1. The lowest BCUT2D eigenvalue weighted by atomic mass is 10.0. The summed E-state index contributed by atoms with van der Waals surface area (Å²) in [5, 5.41) is 3.31. The molecule has 1 fully saturated rings. The van der Waals surface area contributed by atoms with Crippen molar-refractivity contribution in [3.05, 3.63) is 34.9 Å². The monoisotopic (exact) mass is 232 g/mol. The van der Waals surface area contributed by atoms with E-state index in [-0.39, 0.29) is 0 Å². The van der Waals surface area contributed by atoms with Crippen LogP contribution in [-0.2, 0) is 6.54 Å². The number of nitrogens with zero attached hydrogens (tertiary/aromatic N) is 1. The molecule has 94 valence electrons. The van der Waals surface area contributed by atoms with Crippen molar-refractivity contribution in [2.75, 3.05) is 20.1 Å². The van der Waals surface area contributed by atoms with Crippen LogP contribution in [0.2, 0.25) is 0 Å². The minimum atomic E-state index is 0.722. The Morgan fingerprint density at radius 1 is 1.35 bits per heavy atom. The second-order valence-corrected chi connectivity index (χ2v) is 5.25. The van der Waals surface area contributed by atoms with Crippen LogP contribution in [0.5, 0.6) is 0 Å². The first kappa shape index (κ1) is 12.6. The normalized spacial score (nSPS) is 21.0. The fourth-order valence-corrected chi connectivity index (χ4v) is 2.76. The molecule has 1 atom stereocenters. The first-order chi connectivity index (χ1) is 8.20. The van der Waals surface area contributed by atoms with Gasteiger partial charge < -0.3 is 5.32 Å². The third-order valence-corrected chi connectivity index (χ3v) is 3.82. The molecule has 1 saturated heterocycles. The summed E-state index contributed by atoms with van der Waals surface area (Å²) in [6.07, 6.45) is 2.68. The highest BCUT2D eigenvalue weighted by molar-refractivity contribution is 5.30. The first-order valence-corrected chi connectivity index (χ1v) is 6.65. The molecule has 1 unspecified atom stereocenters. The maximum Gasteiger partial charge on any atom is 0.0239 e. The van der Waals surface area contributed by atoms with Crippen molar-refractivity contribution in [2.45, 2.75) is 39.3 Å². The van der Waals surface area contributed by atoms with Crippen molar-refractivity contribution in [2.24, 2.45) is 0 Å². The Morgan fingerprint density at radius 2 is 2.18 bits per heavy atom. The number of hydrogen-bond acceptors (Lipinski definition) is 2. The molecule has 0 saturated carbocycles. The Kier molecular flexibility index (Phi) is 4.19. The lowest BCUT2D eigenvalue weighted by Crippen LogP contribution is -2.36. The summed E-state index contributed by atoms with van der Waals surface area (Å²) >= 11 is 0. The molecule has 1 aromatic carbocycles. The van der Waals surface area contributed by atoms with E-state index in [2.05, 4.69) is 49.3 Å². The summed E-state index contributed by atoms with van der Waals surface area (Å²) in [4.78, 5) is 2.62. The van der Waals surface area contributed by atoms with Crippen molar-refractivity contribution in [3.63, 3.8) is 0 Å². The van der Waals surface area contributed by atoms with Crippen molar-refractivity contribution in [1.82, 2.24) is 10.2 Å². The van der Waals surface area contributed by atoms with Crippen LogP contribution >= 0.6 is 0 Å². The first-order valence-electron chi connectivity index (χ1n) is 6.65. The maximum absolute atomic E-state index is 3.31. The van der Waals surface area contributed by atoms with Gasteiger partial charge in [0.15, 0.2) is 0 Å². The van der Waals surface area contributed by atoms with E-state index in [1.165, 1.54) is 36.1 Å². The summed E-state index contributed by atoms with van der Waals surface area (Å²) in [6, 6.07) is 7.51. The van der Waals surface area contributed by atoms with Gasteiger partial charge in [-0.3, -0.25) is 4.90 Å². The molecule has 1 aromatic rings. The Morgan fingerprint density at radius 3 is 2.94 bits per heavy atom. The highest BCUT2D eigenvalue weighted by Crippen LogP contribution is 2.21. The molecule has 0 amide bonds. The summed E-state index contributed by atoms with van der Waals surface area (Å²) in [5.41, 5.74) is 4.29. The molecule has 0 spiro atoms. The molecule has 0 radical (unpaired) electrons. The molecule has 2 rings (SSSR count). The topological polar surface area (TPSA) is 15.3 Å². The fourth-order valence-electron chi connectivity index (χ4n) is 2.76. The molecular formula is C15H24N2. The van der Waals surface area contributed by atoms with E-state index in [4.69, 9.17) is 0 Å². The smallest absolute Gasteiger partial charge is 0.0239 e. The Hall–Kier alpha value is -0.860. The standard InChI is InChI=1S/C15H24N2/c1-12-6-7-13(2)14(9-12)11-17-8-4-5-15(17)10-16-3/h6-7,9,15-16H,4-5,8,10-11H2,1-3H3. The number of hydrogen-bond donors (Lipinski definition) is 1. The zero-order valence-corrected chi connectivity index (χ0v) is 11.3. The van der Waals surface area contributed by atoms with E-state index in [1.54, 1.807) is 0 Å². The summed E-state index contributed by atoms with van der Waals surface area (Å²) in [7, 11) is 2.05. The molecule has 2 heteroatoms. The van der Waals surface area contributed by atoms with Gasteiger partial charge >= 0.3 is 0 Å². The Balaban J connectivity index is 2.06. The second kappa shape index (κ2) is 5.65. The van der Waals surface area contributed by atoms with Gasteiger partial charge in [0.05, 0.1) is 0 Å². The SMILES string of the molecule is CNCC1CCCN1Cc1cc(C)ccc1C.